The van der Waals surface area contributed by atoms with Gasteiger partial charge in [-0.25, -0.2) is 0 Å². The second-order valence-electron chi connectivity index (χ2n) is 5.61. The molecule has 1 aliphatic heterocycles. The topological polar surface area (TPSA) is 42.2 Å². The first-order chi connectivity index (χ1) is 8.58. The Labute approximate surface area is 115 Å². The molecular formula is C13H17BrN4. The minimum absolute atomic E-state index is 0.212. The summed E-state index contributed by atoms with van der Waals surface area (Å²) < 4.78 is 3.12. The van der Waals surface area contributed by atoms with Gasteiger partial charge in [-0.05, 0) is 52.9 Å². The second-order valence-corrected chi connectivity index (χ2v) is 6.53. The fourth-order valence-corrected chi connectivity index (χ4v) is 3.07. The summed E-state index contributed by atoms with van der Waals surface area (Å²) in [5, 5.41) is 12.2. The Morgan fingerprint density at radius 2 is 2.22 bits per heavy atom. The van der Waals surface area contributed by atoms with Crippen LogP contribution in [0.2, 0.25) is 0 Å². The molecule has 2 aromatic rings. The molecule has 96 valence electrons. The van der Waals surface area contributed by atoms with Crippen LogP contribution >= 0.6 is 15.9 Å². The smallest absolute Gasteiger partial charge is 0.160 e. The van der Waals surface area contributed by atoms with Gasteiger partial charge in [-0.2, -0.15) is 0 Å². The number of hydrogen-bond donors (Lipinski definition) is 1. The van der Waals surface area contributed by atoms with E-state index in [0.717, 1.165) is 22.5 Å². The molecule has 3 heterocycles. The van der Waals surface area contributed by atoms with Crippen molar-refractivity contribution in [1.29, 1.82) is 0 Å². The van der Waals surface area contributed by atoms with Gasteiger partial charge in [0.2, 0.25) is 0 Å². The van der Waals surface area contributed by atoms with E-state index in [1.165, 1.54) is 12.8 Å². The van der Waals surface area contributed by atoms with Gasteiger partial charge >= 0.3 is 0 Å². The molecule has 1 N–H and O–H groups in total. The molecule has 0 amide bonds. The highest BCUT2D eigenvalue weighted by Crippen LogP contribution is 2.39. The monoisotopic (exact) mass is 308 g/mol. The Kier molecular flexibility index (Phi) is 2.90. The van der Waals surface area contributed by atoms with E-state index in [4.69, 9.17) is 0 Å². The summed E-state index contributed by atoms with van der Waals surface area (Å²) in [6.45, 7) is 5.64. The van der Waals surface area contributed by atoms with Crippen LogP contribution < -0.4 is 5.32 Å². The summed E-state index contributed by atoms with van der Waals surface area (Å²) in [5.74, 6) is 1.01. The average molecular weight is 309 g/mol. The van der Waals surface area contributed by atoms with E-state index in [2.05, 4.69) is 49.7 Å². The van der Waals surface area contributed by atoms with Crippen molar-refractivity contribution in [2.75, 3.05) is 6.54 Å². The highest BCUT2D eigenvalue weighted by Gasteiger charge is 2.36. The number of fused-ring (bicyclic) bond motifs is 1. The van der Waals surface area contributed by atoms with Gasteiger partial charge in [0.25, 0.3) is 0 Å². The fourth-order valence-electron chi connectivity index (χ4n) is 2.73. The van der Waals surface area contributed by atoms with Crippen LogP contribution in [0.15, 0.2) is 22.8 Å². The molecule has 1 fully saturated rings. The van der Waals surface area contributed by atoms with Gasteiger partial charge < -0.3 is 5.32 Å². The highest BCUT2D eigenvalue weighted by molar-refractivity contribution is 9.10. The number of halogens is 1. The molecule has 0 aliphatic carbocycles. The zero-order chi connectivity index (χ0) is 12.8. The van der Waals surface area contributed by atoms with Crippen LogP contribution in [0.5, 0.6) is 0 Å². The lowest BCUT2D eigenvalue weighted by molar-refractivity contribution is 0.173. The SMILES string of the molecule is CC1(C)CCCNC1c1nnc2ccc(Br)cn12. The number of hydrogen-bond acceptors (Lipinski definition) is 3. The second kappa shape index (κ2) is 4.31. The third-order valence-electron chi connectivity index (χ3n) is 3.78. The molecule has 0 aromatic carbocycles. The lowest BCUT2D eigenvalue weighted by Gasteiger charge is -2.38. The molecule has 4 nitrogen and oxygen atoms in total. The normalized spacial score (nSPS) is 23.4. The first-order valence-electron chi connectivity index (χ1n) is 6.31. The van der Waals surface area contributed by atoms with Gasteiger partial charge in [0.05, 0.1) is 6.04 Å². The Hall–Kier alpha value is -0.940. The van der Waals surface area contributed by atoms with E-state index < -0.39 is 0 Å². The van der Waals surface area contributed by atoms with Crippen molar-refractivity contribution in [2.45, 2.75) is 32.7 Å². The van der Waals surface area contributed by atoms with E-state index >= 15 is 0 Å². The number of piperidine rings is 1. The summed E-state index contributed by atoms with van der Waals surface area (Å²) in [6, 6.07) is 4.24. The van der Waals surface area contributed by atoms with Crippen LogP contribution in [0.3, 0.4) is 0 Å². The largest absolute Gasteiger partial charge is 0.307 e. The van der Waals surface area contributed by atoms with Crippen molar-refractivity contribution < 1.29 is 0 Å². The van der Waals surface area contributed by atoms with Crippen molar-refractivity contribution >= 4 is 21.6 Å². The maximum absolute atomic E-state index is 4.39. The predicted molar refractivity (Wildman–Crippen MR) is 74.4 cm³/mol. The van der Waals surface area contributed by atoms with E-state index in [1.807, 2.05) is 18.3 Å². The fraction of sp³-hybridized carbons (Fsp3) is 0.538. The maximum Gasteiger partial charge on any atom is 0.160 e. The summed E-state index contributed by atoms with van der Waals surface area (Å²) in [5.41, 5.74) is 1.11. The molecular weight excluding hydrogens is 292 g/mol. The number of aromatic nitrogens is 3. The van der Waals surface area contributed by atoms with E-state index in [9.17, 15) is 0 Å². The van der Waals surface area contributed by atoms with Crippen LogP contribution in [-0.4, -0.2) is 21.1 Å². The Balaban J connectivity index is 2.10. The van der Waals surface area contributed by atoms with Crippen LogP contribution in [0.4, 0.5) is 0 Å². The maximum atomic E-state index is 4.39. The minimum Gasteiger partial charge on any atom is -0.307 e. The molecule has 0 radical (unpaired) electrons. The zero-order valence-corrected chi connectivity index (χ0v) is 12.2. The third kappa shape index (κ3) is 1.95. The number of nitrogens with zero attached hydrogens (tertiary/aromatic N) is 3. The summed E-state index contributed by atoms with van der Waals surface area (Å²) >= 11 is 3.51. The van der Waals surface area contributed by atoms with Crippen molar-refractivity contribution in [1.82, 2.24) is 19.9 Å². The van der Waals surface area contributed by atoms with Crippen molar-refractivity contribution in [3.05, 3.63) is 28.6 Å². The first kappa shape index (κ1) is 12.1. The molecule has 0 saturated carbocycles. The van der Waals surface area contributed by atoms with E-state index in [1.54, 1.807) is 0 Å². The van der Waals surface area contributed by atoms with Crippen molar-refractivity contribution in [2.24, 2.45) is 5.41 Å². The van der Waals surface area contributed by atoms with Gasteiger partial charge in [-0.15, -0.1) is 10.2 Å². The third-order valence-corrected chi connectivity index (χ3v) is 4.25. The van der Waals surface area contributed by atoms with Crippen LogP contribution in [-0.2, 0) is 0 Å². The number of rotatable bonds is 1. The Morgan fingerprint density at radius 3 is 3.00 bits per heavy atom. The van der Waals surface area contributed by atoms with Gasteiger partial charge in [0, 0.05) is 10.7 Å². The lowest BCUT2D eigenvalue weighted by atomic mass is 9.77. The number of nitrogens with one attached hydrogen (secondary N) is 1. The van der Waals surface area contributed by atoms with Gasteiger partial charge in [0.1, 0.15) is 0 Å². The van der Waals surface area contributed by atoms with Crippen LogP contribution in [0.1, 0.15) is 38.6 Å². The summed E-state index contributed by atoms with van der Waals surface area (Å²) in [4.78, 5) is 0. The molecule has 1 atom stereocenters. The average Bonchev–Trinajstić information content (AvgIpc) is 2.71. The van der Waals surface area contributed by atoms with Crippen LogP contribution in [0, 0.1) is 5.41 Å². The van der Waals surface area contributed by atoms with Crippen LogP contribution in [0.25, 0.3) is 5.65 Å². The summed E-state index contributed by atoms with van der Waals surface area (Å²) in [7, 11) is 0. The minimum atomic E-state index is 0.212. The van der Waals surface area contributed by atoms with E-state index in [0.29, 0.717) is 0 Å². The van der Waals surface area contributed by atoms with Gasteiger partial charge in [-0.1, -0.05) is 13.8 Å². The standard InChI is InChI=1S/C13H17BrN4/c1-13(2)6-3-7-15-11(13)12-17-16-10-5-4-9(14)8-18(10)12/h4-5,8,11,15H,3,6-7H2,1-2H3. The molecule has 1 aliphatic rings. The Morgan fingerprint density at radius 1 is 1.39 bits per heavy atom. The molecule has 18 heavy (non-hydrogen) atoms. The molecule has 1 unspecified atom stereocenters. The first-order valence-corrected chi connectivity index (χ1v) is 7.11. The van der Waals surface area contributed by atoms with E-state index in [-0.39, 0.29) is 11.5 Å². The molecule has 0 bridgehead atoms. The van der Waals surface area contributed by atoms with Gasteiger partial charge in [0.15, 0.2) is 11.5 Å². The molecule has 2 aromatic heterocycles. The summed E-state index contributed by atoms with van der Waals surface area (Å²) in [6.07, 6.45) is 4.48. The van der Waals surface area contributed by atoms with Crippen molar-refractivity contribution in [3.8, 4) is 0 Å². The van der Waals surface area contributed by atoms with Crippen molar-refractivity contribution in [3.63, 3.8) is 0 Å². The quantitative estimate of drug-likeness (QED) is 0.880. The predicted octanol–water partition coefficient (Wildman–Crippen LogP) is 2.94. The molecule has 3 rings (SSSR count). The number of pyridine rings is 1. The molecule has 0 spiro atoms. The lowest BCUT2D eigenvalue weighted by Crippen LogP contribution is -2.40. The molecule has 1 saturated heterocycles. The highest BCUT2D eigenvalue weighted by atomic mass is 79.9. The molecule has 5 heteroatoms. The Bertz CT molecular complexity index is 575. The zero-order valence-electron chi connectivity index (χ0n) is 10.7. The van der Waals surface area contributed by atoms with Gasteiger partial charge in [-0.3, -0.25) is 4.40 Å².